The van der Waals surface area contributed by atoms with Crippen LogP contribution in [0.15, 0.2) is 71.9 Å². The highest BCUT2D eigenvalue weighted by atomic mass is 79.9. The minimum Gasteiger partial charge on any atom is -0.494 e. The molecule has 0 saturated carbocycles. The molecular formula is C33H36BrN8O5P. The molecule has 13 nitrogen and oxygen atoms in total. The normalized spacial score (nSPS) is 16.1. The van der Waals surface area contributed by atoms with Crippen molar-refractivity contribution < 1.29 is 23.9 Å². The first-order valence-corrected chi connectivity index (χ1v) is 18.8. The highest BCUT2D eigenvalue weighted by Crippen LogP contribution is 2.42. The number of hydrogen-bond donors (Lipinski definition) is 3. The monoisotopic (exact) mass is 734 g/mol. The van der Waals surface area contributed by atoms with E-state index < -0.39 is 19.3 Å². The van der Waals surface area contributed by atoms with Crippen LogP contribution >= 0.6 is 23.1 Å². The number of cyclic esters (lactones) is 1. The van der Waals surface area contributed by atoms with Gasteiger partial charge in [-0.3, -0.25) is 14.9 Å². The molecule has 1 amide bonds. The Labute approximate surface area is 286 Å². The summed E-state index contributed by atoms with van der Waals surface area (Å²) in [5.41, 5.74) is 3.93. The van der Waals surface area contributed by atoms with E-state index in [0.29, 0.717) is 62.4 Å². The first-order chi connectivity index (χ1) is 23.0. The number of amides is 1. The summed E-state index contributed by atoms with van der Waals surface area (Å²) in [6.07, 6.45) is 11.7. The van der Waals surface area contributed by atoms with Gasteiger partial charge in [0.1, 0.15) is 24.2 Å². The molecule has 1 unspecified atom stereocenters. The molecule has 2 aromatic carbocycles. The third kappa shape index (κ3) is 7.01. The van der Waals surface area contributed by atoms with Crippen molar-refractivity contribution in [3.8, 4) is 5.75 Å². The van der Waals surface area contributed by atoms with Crippen molar-refractivity contribution in [3.05, 3.63) is 77.5 Å². The number of ether oxygens (including phenoxy) is 2. The number of nitrogens with one attached hydrogen (secondary N) is 2. The van der Waals surface area contributed by atoms with E-state index in [0.717, 1.165) is 18.5 Å². The number of methoxy groups -OCH3 is 1. The molecule has 48 heavy (non-hydrogen) atoms. The van der Waals surface area contributed by atoms with Gasteiger partial charge in [-0.05, 0) is 79.4 Å². The van der Waals surface area contributed by atoms with E-state index >= 15 is 0 Å². The Bertz CT molecular complexity index is 1960. The zero-order valence-corrected chi connectivity index (χ0v) is 29.4. The molecule has 1 atom stereocenters. The van der Waals surface area contributed by atoms with Crippen LogP contribution in [0.3, 0.4) is 0 Å². The van der Waals surface area contributed by atoms with Crippen LogP contribution in [0.2, 0.25) is 0 Å². The molecule has 2 aromatic heterocycles. The Kier molecular flexibility index (Phi) is 9.68. The molecule has 0 aliphatic carbocycles. The summed E-state index contributed by atoms with van der Waals surface area (Å²) in [7, 11) is -1.21. The zero-order chi connectivity index (χ0) is 34.0. The molecule has 1 fully saturated rings. The topological polar surface area (TPSA) is 155 Å². The van der Waals surface area contributed by atoms with Gasteiger partial charge in [0.15, 0.2) is 0 Å². The van der Waals surface area contributed by atoms with Crippen LogP contribution in [0.5, 0.6) is 5.75 Å². The van der Waals surface area contributed by atoms with E-state index in [2.05, 4.69) is 46.4 Å². The smallest absolute Gasteiger partial charge is 0.418 e. The number of piperidine rings is 1. The molecule has 15 heteroatoms. The molecule has 1 saturated heterocycles. The van der Waals surface area contributed by atoms with Crippen molar-refractivity contribution in [1.82, 2.24) is 24.8 Å². The molecule has 2 aliphatic rings. The number of carbonyl (C=O) groups excluding carboxylic acids is 1. The number of allylic oxidation sites excluding steroid dienone is 2. The second-order valence-corrected chi connectivity index (χ2v) is 15.8. The van der Waals surface area contributed by atoms with E-state index in [1.165, 1.54) is 6.26 Å². The lowest BCUT2D eigenvalue weighted by molar-refractivity contribution is 0.134. The van der Waals surface area contributed by atoms with Gasteiger partial charge in [0.25, 0.3) is 0 Å². The fourth-order valence-electron chi connectivity index (χ4n) is 5.95. The average Bonchev–Trinajstić information content (AvgIpc) is 3.29. The molecule has 250 valence electrons. The van der Waals surface area contributed by atoms with Gasteiger partial charge < -0.3 is 34.7 Å². The molecule has 4 aromatic rings. The first kappa shape index (κ1) is 33.4. The summed E-state index contributed by atoms with van der Waals surface area (Å²) in [4.78, 5) is 34.2. The second kappa shape index (κ2) is 13.9. The van der Waals surface area contributed by atoms with Gasteiger partial charge in [-0.25, -0.2) is 9.78 Å². The third-order valence-corrected chi connectivity index (χ3v) is 10.3. The fourth-order valence-corrected chi connectivity index (χ4v) is 7.64. The van der Waals surface area contributed by atoms with Crippen molar-refractivity contribution in [2.24, 2.45) is 0 Å². The number of rotatable bonds is 9. The van der Waals surface area contributed by atoms with Crippen LogP contribution in [-0.4, -0.2) is 75.6 Å². The number of nitrogens with zero attached hydrogens (tertiary/aromatic N) is 6. The van der Waals surface area contributed by atoms with Gasteiger partial charge in [0.2, 0.25) is 5.95 Å². The van der Waals surface area contributed by atoms with E-state index in [1.807, 2.05) is 24.3 Å². The van der Waals surface area contributed by atoms with E-state index in [1.54, 1.807) is 69.2 Å². The minimum atomic E-state index is -2.79. The summed E-state index contributed by atoms with van der Waals surface area (Å²) in [5.74, 6) is 1.25. The molecule has 0 spiro atoms. The van der Waals surface area contributed by atoms with Gasteiger partial charge in [0, 0.05) is 61.2 Å². The number of aromatic nitrogens is 4. The van der Waals surface area contributed by atoms with Gasteiger partial charge >= 0.3 is 6.09 Å². The first-order valence-electron chi connectivity index (χ1n) is 15.4. The Morgan fingerprint density at radius 1 is 1.08 bits per heavy atom. The van der Waals surface area contributed by atoms with Crippen LogP contribution in [0.25, 0.3) is 11.0 Å². The van der Waals surface area contributed by atoms with Crippen molar-refractivity contribution in [3.63, 3.8) is 0 Å². The predicted octanol–water partition coefficient (Wildman–Crippen LogP) is 6.43. The zero-order valence-electron chi connectivity index (χ0n) is 26.9. The lowest BCUT2D eigenvalue weighted by atomic mass is 9.99. The number of anilines is 5. The van der Waals surface area contributed by atoms with Crippen LogP contribution in [0, 0.1) is 0 Å². The molecule has 2 aliphatic heterocycles. The Morgan fingerprint density at radius 2 is 1.85 bits per heavy atom. The number of hydrogen-bond acceptors (Lipinski definition) is 12. The maximum absolute atomic E-state index is 13.4. The SMILES string of the molecule is COc1cc(N2CCC(N3C=CC=COC3=O)CC2)c(C(C)O)cc1Nc1ncc(Br)c(Nc2ccc3nccnc3c2P(C)(C)=O)n1. The standard InChI is InChI=1S/C33H36BrN8O5P/c1-20(43)22-17-26(28(46-2)18-27(22)41-14-9-21(10-15-41)42-13-5-6-16-47-33(42)44)39-32-37-19-23(34)31(40-32)38-25-8-7-24-29(36-12-11-35-24)30(25)48(3,4)45/h5-8,11-13,16-21,43H,9-10,14-15H2,1-4H3,(H2,37,38,39,40). The number of fused-ring (bicyclic) bond motifs is 1. The lowest BCUT2D eigenvalue weighted by Crippen LogP contribution is -2.45. The Morgan fingerprint density at radius 3 is 2.58 bits per heavy atom. The van der Waals surface area contributed by atoms with E-state index in [-0.39, 0.29) is 12.0 Å². The van der Waals surface area contributed by atoms with Crippen LogP contribution in [0.1, 0.15) is 31.4 Å². The van der Waals surface area contributed by atoms with Gasteiger partial charge in [-0.2, -0.15) is 4.98 Å². The molecule has 4 heterocycles. The van der Waals surface area contributed by atoms with Crippen molar-refractivity contribution in [1.29, 1.82) is 0 Å². The quantitative estimate of drug-likeness (QED) is 0.162. The summed E-state index contributed by atoms with van der Waals surface area (Å²) < 4.78 is 24.9. The van der Waals surface area contributed by atoms with Crippen molar-refractivity contribution in [2.75, 3.05) is 49.1 Å². The third-order valence-electron chi connectivity index (χ3n) is 8.21. The summed E-state index contributed by atoms with van der Waals surface area (Å²) in [6, 6.07) is 7.38. The summed E-state index contributed by atoms with van der Waals surface area (Å²) >= 11 is 3.54. The summed E-state index contributed by atoms with van der Waals surface area (Å²) in [5, 5.41) is 18.0. The maximum Gasteiger partial charge on any atom is 0.418 e. The average molecular weight is 736 g/mol. The number of carbonyl (C=O) groups is 1. The van der Waals surface area contributed by atoms with Crippen molar-refractivity contribution >= 4 is 74.3 Å². The van der Waals surface area contributed by atoms with E-state index in [4.69, 9.17) is 14.5 Å². The van der Waals surface area contributed by atoms with Gasteiger partial charge in [-0.15, -0.1) is 0 Å². The predicted molar refractivity (Wildman–Crippen MR) is 190 cm³/mol. The number of aliphatic hydroxyl groups excluding tert-OH is 1. The Balaban J connectivity index is 1.26. The molecule has 3 N–H and O–H groups in total. The van der Waals surface area contributed by atoms with E-state index in [9.17, 15) is 14.5 Å². The van der Waals surface area contributed by atoms with Crippen LogP contribution in [-0.2, 0) is 9.30 Å². The van der Waals surface area contributed by atoms with Crippen LogP contribution in [0.4, 0.5) is 33.6 Å². The Hall–Kier alpha value is -4.52. The largest absolute Gasteiger partial charge is 0.494 e. The minimum absolute atomic E-state index is 0.000277. The lowest BCUT2D eigenvalue weighted by Gasteiger charge is -2.38. The molecule has 6 rings (SSSR count). The summed E-state index contributed by atoms with van der Waals surface area (Å²) in [6.45, 7) is 6.45. The van der Waals surface area contributed by atoms with Gasteiger partial charge in [0.05, 0.1) is 46.1 Å². The maximum atomic E-state index is 13.4. The second-order valence-electron chi connectivity index (χ2n) is 11.8. The number of benzene rings is 2. The highest BCUT2D eigenvalue weighted by molar-refractivity contribution is 9.10. The fraction of sp³-hybridized carbons (Fsp3) is 0.303. The molecular weight excluding hydrogens is 699 g/mol. The van der Waals surface area contributed by atoms with Gasteiger partial charge in [-0.1, -0.05) is 0 Å². The van der Waals surface area contributed by atoms with Crippen molar-refractivity contribution in [2.45, 2.75) is 31.9 Å². The van der Waals surface area contributed by atoms with Crippen LogP contribution < -0.4 is 25.6 Å². The number of halogens is 1. The number of aliphatic hydroxyl groups is 1. The highest BCUT2D eigenvalue weighted by Gasteiger charge is 2.30. The molecule has 0 radical (unpaired) electrons. The molecule has 0 bridgehead atoms.